The number of nitrogens with two attached hydrogens (primary N) is 1. The lowest BCUT2D eigenvalue weighted by molar-refractivity contribution is -0.394. The molecule has 1 aromatic carbocycles. The van der Waals surface area contributed by atoms with Crippen molar-refractivity contribution in [3.05, 3.63) is 37.9 Å². The first-order chi connectivity index (χ1) is 9.92. The van der Waals surface area contributed by atoms with E-state index in [0.29, 0.717) is 0 Å². The van der Waals surface area contributed by atoms with Crippen LogP contribution in [-0.2, 0) is 0 Å². The van der Waals surface area contributed by atoms with Gasteiger partial charge in [0.15, 0.2) is 11.3 Å². The van der Waals surface area contributed by atoms with Crippen LogP contribution in [0.4, 0.5) is 11.4 Å². The van der Waals surface area contributed by atoms with Gasteiger partial charge in [-0.2, -0.15) is 5.10 Å². The third-order valence-electron chi connectivity index (χ3n) is 2.22. The van der Waals surface area contributed by atoms with E-state index in [1.54, 1.807) is 0 Å². The highest BCUT2D eigenvalue weighted by atomic mass is 16.6. The summed E-state index contributed by atoms with van der Waals surface area (Å²) in [5, 5.41) is 36.9. The molecule has 1 aromatic rings. The van der Waals surface area contributed by atoms with Crippen LogP contribution in [0.2, 0.25) is 0 Å². The molecule has 0 aliphatic carbocycles. The summed E-state index contributed by atoms with van der Waals surface area (Å²) in [5.41, 5.74) is 4.93. The van der Waals surface area contributed by atoms with E-state index in [1.165, 1.54) is 12.6 Å². The summed E-state index contributed by atoms with van der Waals surface area (Å²) in [4.78, 5) is 20.3. The van der Waals surface area contributed by atoms with Crippen molar-refractivity contribution < 1.29 is 19.8 Å². The van der Waals surface area contributed by atoms with Gasteiger partial charge in [0.25, 0.3) is 5.69 Å². The van der Waals surface area contributed by atoms with E-state index in [1.807, 2.05) is 0 Å². The van der Waals surface area contributed by atoms with Crippen LogP contribution in [-0.4, -0.2) is 34.3 Å². The highest BCUT2D eigenvalue weighted by Gasteiger charge is 2.28. The molecule has 0 radical (unpaired) electrons. The van der Waals surface area contributed by atoms with Crippen LogP contribution in [0.25, 0.3) is 0 Å². The lowest BCUT2D eigenvalue weighted by atomic mass is 10.1. The molecular formula is C9H10N6O6. The van der Waals surface area contributed by atoms with Crippen molar-refractivity contribution in [1.29, 1.82) is 0 Å². The van der Waals surface area contributed by atoms with Crippen LogP contribution in [0.5, 0.6) is 5.75 Å². The smallest absolute Gasteiger partial charge is 0.326 e. The number of guanidine groups is 1. The molecule has 0 aliphatic heterocycles. The second-order valence-corrected chi connectivity index (χ2v) is 3.41. The summed E-state index contributed by atoms with van der Waals surface area (Å²) in [6.07, 6.45) is 0.767. The molecule has 0 aliphatic rings. The van der Waals surface area contributed by atoms with Crippen molar-refractivity contribution in [3.8, 4) is 5.75 Å². The second kappa shape index (κ2) is 6.76. The zero-order valence-electron chi connectivity index (χ0n) is 10.6. The van der Waals surface area contributed by atoms with E-state index in [-0.39, 0.29) is 5.75 Å². The van der Waals surface area contributed by atoms with Crippen LogP contribution >= 0.6 is 0 Å². The van der Waals surface area contributed by atoms with E-state index < -0.39 is 32.7 Å². The Morgan fingerprint density at radius 1 is 1.43 bits per heavy atom. The molecule has 0 fully saturated rings. The number of ether oxygens (including phenoxy) is 1. The average molecular weight is 298 g/mol. The zero-order chi connectivity index (χ0) is 16.0. The fraction of sp³-hybridized carbons (Fsp3) is 0.111. The molecule has 21 heavy (non-hydrogen) atoms. The lowest BCUT2D eigenvalue weighted by Crippen LogP contribution is -2.27. The van der Waals surface area contributed by atoms with E-state index in [0.717, 1.165) is 18.3 Å². The molecule has 0 saturated carbocycles. The minimum atomic E-state index is -0.843. The van der Waals surface area contributed by atoms with Gasteiger partial charge in [-0.3, -0.25) is 25.4 Å². The second-order valence-electron chi connectivity index (χ2n) is 3.41. The first-order valence-electron chi connectivity index (χ1n) is 5.18. The molecule has 112 valence electrons. The van der Waals surface area contributed by atoms with Gasteiger partial charge in [0, 0.05) is 6.07 Å². The number of methoxy groups -OCH3 is 1. The van der Waals surface area contributed by atoms with Crippen molar-refractivity contribution in [2.24, 2.45) is 15.9 Å². The van der Waals surface area contributed by atoms with Gasteiger partial charge in [0.1, 0.15) is 0 Å². The fourth-order valence-electron chi connectivity index (χ4n) is 1.39. The Morgan fingerprint density at radius 3 is 2.57 bits per heavy atom. The Hall–Kier alpha value is -3.28. The predicted octanol–water partition coefficient (Wildman–Crippen LogP) is 0.139. The molecule has 0 bridgehead atoms. The molecule has 0 unspecified atom stereocenters. The van der Waals surface area contributed by atoms with Gasteiger partial charge in [0.05, 0.1) is 23.2 Å². The molecule has 1 rings (SSSR count). The van der Waals surface area contributed by atoms with Gasteiger partial charge in [-0.15, -0.1) is 5.10 Å². The summed E-state index contributed by atoms with van der Waals surface area (Å²) in [6.45, 7) is 0. The summed E-state index contributed by atoms with van der Waals surface area (Å²) in [5.74, 6) is -0.677. The van der Waals surface area contributed by atoms with E-state index >= 15 is 0 Å². The minimum absolute atomic E-state index is 0.177. The maximum absolute atomic E-state index is 11.1. The number of nitro benzene ring substituents is 2. The van der Waals surface area contributed by atoms with Gasteiger partial charge in [-0.05, 0) is 6.07 Å². The molecular weight excluding hydrogens is 288 g/mol. The number of nitro groups is 2. The number of rotatable bonds is 5. The fourth-order valence-corrected chi connectivity index (χ4v) is 1.39. The van der Waals surface area contributed by atoms with Crippen molar-refractivity contribution >= 4 is 23.5 Å². The van der Waals surface area contributed by atoms with Gasteiger partial charge in [-0.25, -0.2) is 5.48 Å². The van der Waals surface area contributed by atoms with Crippen LogP contribution in [0.3, 0.4) is 0 Å². The quantitative estimate of drug-likeness (QED) is 0.297. The Bertz CT molecular complexity index is 627. The molecule has 0 atom stereocenters. The summed E-state index contributed by atoms with van der Waals surface area (Å²) < 4.78 is 4.79. The topological polar surface area (TPSA) is 179 Å². The van der Waals surface area contributed by atoms with E-state index in [9.17, 15) is 20.2 Å². The first-order valence-corrected chi connectivity index (χ1v) is 5.18. The standard InChI is InChI=1S/C9H10N6O6/c1-21-7-3-2-6(14(17)18)5(8(7)15(19)20)4-11-12-9(10)13-16/h2-4,16H,1H3,(H3,10,12,13). The third-order valence-corrected chi connectivity index (χ3v) is 2.22. The Morgan fingerprint density at radius 2 is 2.10 bits per heavy atom. The number of nitrogens with one attached hydrogen (secondary N) is 1. The van der Waals surface area contributed by atoms with Crippen LogP contribution in [0.1, 0.15) is 5.56 Å². The van der Waals surface area contributed by atoms with Crippen LogP contribution in [0.15, 0.2) is 22.3 Å². The first kappa shape index (κ1) is 15.8. The Labute approximate surface area is 116 Å². The molecule has 12 nitrogen and oxygen atoms in total. The van der Waals surface area contributed by atoms with E-state index in [2.05, 4.69) is 10.2 Å². The zero-order valence-corrected chi connectivity index (χ0v) is 10.6. The average Bonchev–Trinajstić information content (AvgIpc) is 2.45. The van der Waals surface area contributed by atoms with Crippen molar-refractivity contribution in [3.63, 3.8) is 0 Å². The summed E-state index contributed by atoms with van der Waals surface area (Å²) >= 11 is 0. The Kier molecular flexibility index (Phi) is 5.08. The molecule has 12 heteroatoms. The van der Waals surface area contributed by atoms with Gasteiger partial charge in [0.2, 0.25) is 5.96 Å². The number of hydrogen-bond donors (Lipinski definition) is 3. The van der Waals surface area contributed by atoms with Gasteiger partial charge in [-0.1, -0.05) is 0 Å². The minimum Gasteiger partial charge on any atom is -0.490 e. The number of nitrogens with zero attached hydrogens (tertiary/aromatic N) is 4. The maximum atomic E-state index is 11.1. The van der Waals surface area contributed by atoms with Crippen molar-refractivity contribution in [1.82, 2.24) is 5.48 Å². The Balaban J connectivity index is 3.50. The van der Waals surface area contributed by atoms with Crippen molar-refractivity contribution in [2.45, 2.75) is 0 Å². The molecule has 4 N–H and O–H groups in total. The predicted molar refractivity (Wildman–Crippen MR) is 70.4 cm³/mol. The summed E-state index contributed by atoms with van der Waals surface area (Å²) in [7, 11) is 1.18. The summed E-state index contributed by atoms with van der Waals surface area (Å²) in [6, 6.07) is 2.13. The molecule has 0 heterocycles. The number of hydroxylamine groups is 1. The largest absolute Gasteiger partial charge is 0.490 e. The number of hydrogen-bond acceptors (Lipinski definition) is 8. The number of benzene rings is 1. The monoisotopic (exact) mass is 298 g/mol. The van der Waals surface area contributed by atoms with Gasteiger partial charge < -0.3 is 10.5 Å². The van der Waals surface area contributed by atoms with Crippen LogP contribution in [0, 0.1) is 20.2 Å². The van der Waals surface area contributed by atoms with Gasteiger partial charge >= 0.3 is 5.69 Å². The third kappa shape index (κ3) is 3.60. The van der Waals surface area contributed by atoms with Crippen molar-refractivity contribution in [2.75, 3.05) is 7.11 Å². The SMILES string of the molecule is COc1ccc([N+](=O)[O-])c(C=NN=C(N)NO)c1[N+](=O)[O-]. The van der Waals surface area contributed by atoms with E-state index in [4.69, 9.17) is 15.7 Å². The lowest BCUT2D eigenvalue weighted by Gasteiger charge is -2.04. The molecule has 0 aromatic heterocycles. The highest BCUT2D eigenvalue weighted by Crippen LogP contribution is 2.35. The highest BCUT2D eigenvalue weighted by molar-refractivity contribution is 5.93. The van der Waals surface area contributed by atoms with Crippen LogP contribution < -0.4 is 16.0 Å². The maximum Gasteiger partial charge on any atom is 0.326 e. The molecule has 0 spiro atoms. The normalized spacial score (nSPS) is 11.4. The molecule has 0 saturated heterocycles. The molecule has 0 amide bonds.